The first-order valence-corrected chi connectivity index (χ1v) is 11.7. The molecule has 0 radical (unpaired) electrons. The third-order valence-electron chi connectivity index (χ3n) is 4.93. The van der Waals surface area contributed by atoms with E-state index in [4.69, 9.17) is 16.3 Å². The Kier molecular flexibility index (Phi) is 8.35. The van der Waals surface area contributed by atoms with Crippen LogP contribution in [0, 0.1) is 5.92 Å². The van der Waals surface area contributed by atoms with Crippen molar-refractivity contribution in [2.45, 2.75) is 25.0 Å². The molecule has 8 nitrogen and oxygen atoms in total. The lowest BCUT2D eigenvalue weighted by atomic mass is 10.0. The highest BCUT2D eigenvalue weighted by molar-refractivity contribution is 7.99. The monoisotopic (exact) mass is 487 g/mol. The average Bonchev–Trinajstić information content (AvgIpc) is 3.17. The minimum Gasteiger partial charge on any atom is -0.497 e. The number of thioether (sulfide) groups is 1. The first-order valence-electron chi connectivity index (χ1n) is 10.3. The number of hydrogen-bond donors (Lipinski definition) is 2. The summed E-state index contributed by atoms with van der Waals surface area (Å²) >= 11 is 7.35. The number of hydrogen-bond acceptors (Lipinski definition) is 6. The maximum absolute atomic E-state index is 12.8. The van der Waals surface area contributed by atoms with Crippen LogP contribution in [0.25, 0.3) is 0 Å². The summed E-state index contributed by atoms with van der Waals surface area (Å²) in [5.74, 6) is 1.08. The first kappa shape index (κ1) is 24.6. The van der Waals surface area contributed by atoms with Gasteiger partial charge in [-0.05, 0) is 42.3 Å². The van der Waals surface area contributed by atoms with Gasteiger partial charge in [-0.2, -0.15) is 0 Å². The van der Waals surface area contributed by atoms with Crippen molar-refractivity contribution in [3.05, 3.63) is 64.9 Å². The Balaban J connectivity index is 1.66. The topological polar surface area (TPSA) is 98.1 Å². The zero-order valence-corrected chi connectivity index (χ0v) is 20.4. The molecule has 174 valence electrons. The van der Waals surface area contributed by atoms with E-state index in [0.29, 0.717) is 33.0 Å². The predicted molar refractivity (Wildman–Crippen MR) is 130 cm³/mol. The summed E-state index contributed by atoms with van der Waals surface area (Å²) in [5, 5.41) is 15.4. The van der Waals surface area contributed by atoms with Gasteiger partial charge in [0.05, 0.1) is 29.6 Å². The van der Waals surface area contributed by atoms with Crippen LogP contribution in [0.5, 0.6) is 5.75 Å². The molecule has 3 aromatic rings. The van der Waals surface area contributed by atoms with E-state index >= 15 is 0 Å². The number of para-hydroxylation sites is 1. The van der Waals surface area contributed by atoms with Crippen molar-refractivity contribution < 1.29 is 14.3 Å². The molecule has 0 spiro atoms. The third kappa shape index (κ3) is 6.27. The van der Waals surface area contributed by atoms with Crippen LogP contribution < -0.4 is 15.4 Å². The number of nitrogens with zero attached hydrogens (tertiary/aromatic N) is 3. The van der Waals surface area contributed by atoms with Gasteiger partial charge in [-0.25, -0.2) is 0 Å². The fourth-order valence-electron chi connectivity index (χ4n) is 3.10. The molecule has 0 saturated heterocycles. The molecule has 10 heteroatoms. The van der Waals surface area contributed by atoms with Crippen molar-refractivity contribution in [1.82, 2.24) is 20.1 Å². The Bertz CT molecular complexity index is 1120. The molecule has 1 aromatic heterocycles. The van der Waals surface area contributed by atoms with Crippen LogP contribution in [0.3, 0.4) is 0 Å². The molecule has 33 heavy (non-hydrogen) atoms. The van der Waals surface area contributed by atoms with Gasteiger partial charge in [-0.3, -0.25) is 9.59 Å². The van der Waals surface area contributed by atoms with E-state index in [1.807, 2.05) is 20.9 Å². The number of carbonyl (C=O) groups excluding carboxylic acids is 2. The van der Waals surface area contributed by atoms with Crippen LogP contribution in [0.4, 0.5) is 5.69 Å². The highest BCUT2D eigenvalue weighted by Gasteiger charge is 2.25. The molecule has 1 heterocycles. The fraction of sp³-hybridized carbons (Fsp3) is 0.304. The van der Waals surface area contributed by atoms with Crippen molar-refractivity contribution in [3.63, 3.8) is 0 Å². The van der Waals surface area contributed by atoms with Crippen LogP contribution in [0.15, 0.2) is 53.7 Å². The summed E-state index contributed by atoms with van der Waals surface area (Å²) in [6, 6.07) is 13.6. The number of halogens is 1. The van der Waals surface area contributed by atoms with Gasteiger partial charge in [0.25, 0.3) is 5.91 Å². The molecule has 0 saturated carbocycles. The van der Waals surface area contributed by atoms with Gasteiger partial charge in [0, 0.05) is 12.6 Å². The second-order valence-electron chi connectivity index (χ2n) is 7.64. The molecule has 2 amide bonds. The number of anilines is 1. The van der Waals surface area contributed by atoms with E-state index in [-0.39, 0.29) is 29.5 Å². The lowest BCUT2D eigenvalue weighted by Crippen LogP contribution is -2.33. The molecule has 0 aliphatic carbocycles. The highest BCUT2D eigenvalue weighted by atomic mass is 35.5. The Hall–Kier alpha value is -3.04. The molecule has 3 rings (SSSR count). The van der Waals surface area contributed by atoms with Gasteiger partial charge in [0.15, 0.2) is 11.0 Å². The SMILES string of the molecule is COc1ccc(C(=O)N[C@@H](c2nnc(SCC(=O)Nc3ccccc3Cl)n2C)C(C)C)cc1. The largest absolute Gasteiger partial charge is 0.497 e. The maximum Gasteiger partial charge on any atom is 0.251 e. The molecule has 0 aliphatic heterocycles. The quantitative estimate of drug-likeness (QED) is 0.436. The van der Waals surface area contributed by atoms with Gasteiger partial charge >= 0.3 is 0 Å². The van der Waals surface area contributed by atoms with E-state index in [0.717, 1.165) is 0 Å². The lowest BCUT2D eigenvalue weighted by Gasteiger charge is -2.21. The molecule has 2 N–H and O–H groups in total. The number of methoxy groups -OCH3 is 1. The Morgan fingerprint density at radius 3 is 2.45 bits per heavy atom. The standard InChI is InChI=1S/C23H26ClN5O3S/c1-14(2)20(26-22(31)15-9-11-16(32-4)12-10-15)21-27-28-23(29(21)3)33-13-19(30)25-18-8-6-5-7-17(18)24/h5-12,14,20H,13H2,1-4H3,(H,25,30)(H,26,31)/t20-/m1/s1. The highest BCUT2D eigenvalue weighted by Crippen LogP contribution is 2.25. The number of ether oxygens (including phenoxy) is 1. The number of rotatable bonds is 9. The number of carbonyl (C=O) groups is 2. The Labute approximate surface area is 202 Å². The summed E-state index contributed by atoms with van der Waals surface area (Å²) in [4.78, 5) is 25.1. The van der Waals surface area contributed by atoms with Crippen molar-refractivity contribution in [3.8, 4) is 5.75 Å². The molecule has 0 bridgehead atoms. The normalized spacial score (nSPS) is 11.8. The van der Waals surface area contributed by atoms with Crippen LogP contribution in [-0.4, -0.2) is 39.4 Å². The van der Waals surface area contributed by atoms with E-state index in [1.54, 1.807) is 60.2 Å². The molecule has 0 unspecified atom stereocenters. The van der Waals surface area contributed by atoms with Gasteiger partial charge in [-0.1, -0.05) is 49.3 Å². The van der Waals surface area contributed by atoms with Gasteiger partial charge in [0.2, 0.25) is 5.91 Å². The number of benzene rings is 2. The summed E-state index contributed by atoms with van der Waals surface area (Å²) < 4.78 is 6.94. The smallest absolute Gasteiger partial charge is 0.251 e. The molecule has 2 aromatic carbocycles. The summed E-state index contributed by atoms with van der Waals surface area (Å²) in [6.45, 7) is 4.00. The summed E-state index contributed by atoms with van der Waals surface area (Å²) in [5.41, 5.74) is 1.08. The summed E-state index contributed by atoms with van der Waals surface area (Å²) in [7, 11) is 3.40. The second kappa shape index (κ2) is 11.2. The fourth-order valence-corrected chi connectivity index (χ4v) is 4.00. The number of amides is 2. The Morgan fingerprint density at radius 1 is 1.12 bits per heavy atom. The van der Waals surface area contributed by atoms with Gasteiger partial charge in [0.1, 0.15) is 5.75 Å². The summed E-state index contributed by atoms with van der Waals surface area (Å²) in [6.07, 6.45) is 0. The molecule has 0 aliphatic rings. The van der Waals surface area contributed by atoms with Crippen LogP contribution in [-0.2, 0) is 11.8 Å². The molecule has 0 fully saturated rings. The third-order valence-corrected chi connectivity index (χ3v) is 6.28. The average molecular weight is 488 g/mol. The molecular weight excluding hydrogens is 462 g/mol. The lowest BCUT2D eigenvalue weighted by molar-refractivity contribution is -0.113. The van der Waals surface area contributed by atoms with E-state index in [9.17, 15) is 9.59 Å². The zero-order chi connectivity index (χ0) is 24.0. The van der Waals surface area contributed by atoms with Crippen LogP contribution in [0.2, 0.25) is 5.02 Å². The zero-order valence-electron chi connectivity index (χ0n) is 18.8. The van der Waals surface area contributed by atoms with Crippen molar-refractivity contribution in [2.24, 2.45) is 13.0 Å². The van der Waals surface area contributed by atoms with Crippen molar-refractivity contribution in [1.29, 1.82) is 0 Å². The number of nitrogens with one attached hydrogen (secondary N) is 2. The first-order chi connectivity index (χ1) is 15.8. The molecular formula is C23H26ClN5O3S. The molecule has 1 atom stereocenters. The Morgan fingerprint density at radius 2 is 1.82 bits per heavy atom. The van der Waals surface area contributed by atoms with Gasteiger partial charge < -0.3 is 19.9 Å². The van der Waals surface area contributed by atoms with E-state index in [2.05, 4.69) is 20.8 Å². The van der Waals surface area contributed by atoms with E-state index < -0.39 is 0 Å². The van der Waals surface area contributed by atoms with Gasteiger partial charge in [-0.15, -0.1) is 10.2 Å². The second-order valence-corrected chi connectivity index (χ2v) is 8.99. The minimum absolute atomic E-state index is 0.0662. The van der Waals surface area contributed by atoms with Crippen molar-refractivity contribution >= 4 is 40.9 Å². The predicted octanol–water partition coefficient (Wildman–Crippen LogP) is 4.34. The number of aromatic nitrogens is 3. The minimum atomic E-state index is -0.358. The van der Waals surface area contributed by atoms with Crippen LogP contribution >= 0.6 is 23.4 Å². The van der Waals surface area contributed by atoms with E-state index in [1.165, 1.54) is 11.8 Å². The maximum atomic E-state index is 12.8. The van der Waals surface area contributed by atoms with Crippen molar-refractivity contribution in [2.75, 3.05) is 18.2 Å². The van der Waals surface area contributed by atoms with Crippen LogP contribution in [0.1, 0.15) is 36.1 Å².